The minimum Gasteiger partial charge on any atom is -0.493 e. The van der Waals surface area contributed by atoms with Crippen LogP contribution in [0.5, 0.6) is 11.5 Å². The van der Waals surface area contributed by atoms with E-state index in [4.69, 9.17) is 9.15 Å². The second kappa shape index (κ2) is 11.3. The number of carbonyl (C=O) groups is 3. The molecule has 1 aromatic carbocycles. The molecule has 0 bridgehead atoms. The van der Waals surface area contributed by atoms with Gasteiger partial charge in [-0.15, -0.1) is 0 Å². The lowest BCUT2D eigenvalue weighted by Gasteiger charge is -2.15. The number of amides is 2. The number of esters is 1. The van der Waals surface area contributed by atoms with E-state index in [2.05, 4.69) is 20.1 Å². The highest BCUT2D eigenvalue weighted by Crippen LogP contribution is 2.35. The first-order valence-electron chi connectivity index (χ1n) is 8.88. The van der Waals surface area contributed by atoms with Crippen LogP contribution in [0.25, 0.3) is 6.08 Å². The second-order valence-corrected chi connectivity index (χ2v) is 5.86. The zero-order valence-electron chi connectivity index (χ0n) is 16.6. The second-order valence-electron chi connectivity index (χ2n) is 5.86. The highest BCUT2D eigenvalue weighted by Gasteiger charge is 2.21. The maximum absolute atomic E-state index is 12.6. The maximum atomic E-state index is 12.6. The van der Waals surface area contributed by atoms with Crippen molar-refractivity contribution in [1.82, 2.24) is 5.32 Å². The van der Waals surface area contributed by atoms with E-state index < -0.39 is 24.4 Å². The SMILES string of the molecule is COC(=O)c1cc(OC)c(OC(F)F)cc1NC(=O)CCNC(=O)/C=C/c1ccco1. The van der Waals surface area contributed by atoms with Crippen molar-refractivity contribution in [2.24, 2.45) is 0 Å². The minimum atomic E-state index is -3.15. The van der Waals surface area contributed by atoms with Crippen LogP contribution in [0.2, 0.25) is 0 Å². The first-order chi connectivity index (χ1) is 14.8. The molecule has 2 rings (SSSR count). The lowest BCUT2D eigenvalue weighted by Crippen LogP contribution is -2.26. The summed E-state index contributed by atoms with van der Waals surface area (Å²) < 4.78 is 44.3. The van der Waals surface area contributed by atoms with Gasteiger partial charge in [-0.3, -0.25) is 9.59 Å². The highest BCUT2D eigenvalue weighted by molar-refractivity contribution is 6.02. The summed E-state index contributed by atoms with van der Waals surface area (Å²) in [5.74, 6) is -1.89. The Balaban J connectivity index is 2.02. The van der Waals surface area contributed by atoms with E-state index in [0.717, 1.165) is 19.2 Å². The highest BCUT2D eigenvalue weighted by atomic mass is 19.3. The number of ether oxygens (including phenoxy) is 3. The number of rotatable bonds is 10. The molecule has 0 aliphatic heterocycles. The maximum Gasteiger partial charge on any atom is 0.387 e. The molecule has 0 aliphatic carbocycles. The number of furan rings is 1. The molecule has 0 radical (unpaired) electrons. The molecule has 0 aliphatic rings. The third kappa shape index (κ3) is 7.14. The van der Waals surface area contributed by atoms with Crippen LogP contribution in [0, 0.1) is 0 Å². The van der Waals surface area contributed by atoms with Crippen LogP contribution in [0.3, 0.4) is 0 Å². The van der Waals surface area contributed by atoms with E-state index in [1.165, 1.54) is 25.5 Å². The van der Waals surface area contributed by atoms with E-state index in [1.807, 2.05) is 0 Å². The average Bonchev–Trinajstić information content (AvgIpc) is 3.25. The summed E-state index contributed by atoms with van der Waals surface area (Å²) in [5, 5.41) is 4.92. The predicted octanol–water partition coefficient (Wildman–Crippen LogP) is 2.83. The monoisotopic (exact) mass is 438 g/mol. The first-order valence-corrected chi connectivity index (χ1v) is 8.88. The largest absolute Gasteiger partial charge is 0.493 e. The molecule has 0 saturated heterocycles. The Morgan fingerprint density at radius 1 is 1.19 bits per heavy atom. The van der Waals surface area contributed by atoms with Gasteiger partial charge in [-0.2, -0.15) is 8.78 Å². The molecule has 2 N–H and O–H groups in total. The Labute approximate surface area is 175 Å². The van der Waals surface area contributed by atoms with Gasteiger partial charge >= 0.3 is 12.6 Å². The van der Waals surface area contributed by atoms with Gasteiger partial charge in [0.05, 0.1) is 31.7 Å². The minimum absolute atomic E-state index is 0.0166. The van der Waals surface area contributed by atoms with Gasteiger partial charge in [-0.05, 0) is 18.2 Å². The lowest BCUT2D eigenvalue weighted by atomic mass is 10.1. The Bertz CT molecular complexity index is 943. The summed E-state index contributed by atoms with van der Waals surface area (Å²) in [4.78, 5) is 36.0. The number of halogens is 2. The predicted molar refractivity (Wildman–Crippen MR) is 105 cm³/mol. The molecule has 0 saturated carbocycles. The first kappa shape index (κ1) is 23.4. The number of hydrogen-bond donors (Lipinski definition) is 2. The number of alkyl halides is 2. The Morgan fingerprint density at radius 2 is 1.97 bits per heavy atom. The fourth-order valence-corrected chi connectivity index (χ4v) is 2.40. The van der Waals surface area contributed by atoms with Gasteiger partial charge < -0.3 is 29.3 Å². The Kier molecular flexibility index (Phi) is 8.55. The molecule has 166 valence electrons. The van der Waals surface area contributed by atoms with E-state index in [9.17, 15) is 23.2 Å². The quantitative estimate of drug-likeness (QED) is 0.433. The number of hydrogen-bond acceptors (Lipinski definition) is 7. The molecular weight excluding hydrogens is 418 g/mol. The van der Waals surface area contributed by atoms with Crippen LogP contribution in [-0.2, 0) is 14.3 Å². The third-order valence-corrected chi connectivity index (χ3v) is 3.79. The molecule has 0 atom stereocenters. The van der Waals surface area contributed by atoms with Crippen LogP contribution in [-0.4, -0.2) is 45.2 Å². The molecule has 1 aromatic heterocycles. The van der Waals surface area contributed by atoms with Gasteiger partial charge in [0.2, 0.25) is 11.8 Å². The normalized spacial score (nSPS) is 10.7. The molecular formula is C20H20F2N2O7. The van der Waals surface area contributed by atoms with Crippen molar-refractivity contribution in [3.63, 3.8) is 0 Å². The smallest absolute Gasteiger partial charge is 0.387 e. The van der Waals surface area contributed by atoms with E-state index in [-0.39, 0.29) is 35.7 Å². The van der Waals surface area contributed by atoms with Gasteiger partial charge in [0.1, 0.15) is 5.76 Å². The van der Waals surface area contributed by atoms with Crippen LogP contribution in [0.4, 0.5) is 14.5 Å². The molecule has 0 spiro atoms. The topological polar surface area (TPSA) is 116 Å². The van der Waals surface area contributed by atoms with E-state index in [0.29, 0.717) is 5.76 Å². The van der Waals surface area contributed by atoms with Gasteiger partial charge in [-0.1, -0.05) is 0 Å². The fourth-order valence-electron chi connectivity index (χ4n) is 2.40. The number of benzene rings is 1. The molecule has 0 unspecified atom stereocenters. The molecule has 2 aromatic rings. The van der Waals surface area contributed by atoms with Crippen LogP contribution in [0.15, 0.2) is 41.0 Å². The summed E-state index contributed by atoms with van der Waals surface area (Å²) in [7, 11) is 2.33. The molecule has 0 fully saturated rings. The van der Waals surface area contributed by atoms with Gasteiger partial charge in [0.25, 0.3) is 0 Å². The Hall–Kier alpha value is -3.89. The summed E-state index contributed by atoms with van der Waals surface area (Å²) >= 11 is 0. The van der Waals surface area contributed by atoms with Gasteiger partial charge in [-0.25, -0.2) is 4.79 Å². The van der Waals surface area contributed by atoms with Crippen LogP contribution >= 0.6 is 0 Å². The zero-order chi connectivity index (χ0) is 22.8. The van der Waals surface area contributed by atoms with Gasteiger partial charge in [0.15, 0.2) is 11.5 Å². The van der Waals surface area contributed by atoms with Crippen molar-refractivity contribution in [1.29, 1.82) is 0 Å². The fraction of sp³-hybridized carbons (Fsp3) is 0.250. The third-order valence-electron chi connectivity index (χ3n) is 3.79. The van der Waals surface area contributed by atoms with Crippen molar-refractivity contribution in [3.05, 3.63) is 47.9 Å². The van der Waals surface area contributed by atoms with Crippen molar-refractivity contribution in [2.45, 2.75) is 13.0 Å². The lowest BCUT2D eigenvalue weighted by molar-refractivity contribution is -0.117. The van der Waals surface area contributed by atoms with Gasteiger partial charge in [0, 0.05) is 31.2 Å². The van der Waals surface area contributed by atoms with Crippen molar-refractivity contribution in [3.8, 4) is 11.5 Å². The summed E-state index contributed by atoms with van der Waals surface area (Å²) in [6.07, 6.45) is 4.00. The van der Waals surface area contributed by atoms with Crippen molar-refractivity contribution >= 4 is 29.5 Å². The van der Waals surface area contributed by atoms with Crippen LogP contribution < -0.4 is 20.1 Å². The summed E-state index contributed by atoms with van der Waals surface area (Å²) in [5.41, 5.74) is -0.239. The van der Waals surface area contributed by atoms with Crippen molar-refractivity contribution in [2.75, 3.05) is 26.1 Å². The average molecular weight is 438 g/mol. The van der Waals surface area contributed by atoms with Crippen LogP contribution in [0.1, 0.15) is 22.5 Å². The zero-order valence-corrected chi connectivity index (χ0v) is 16.6. The number of methoxy groups -OCH3 is 2. The molecule has 11 heteroatoms. The standard InChI is InChI=1S/C20H20F2N2O7/c1-28-15-10-13(19(27)29-2)14(11-16(15)31-20(21)22)24-18(26)7-8-23-17(25)6-5-12-4-3-9-30-12/h3-6,9-11,20H,7-8H2,1-2H3,(H,23,25)(H,24,26)/b6-5+. The van der Waals surface area contributed by atoms with E-state index in [1.54, 1.807) is 12.1 Å². The van der Waals surface area contributed by atoms with Crippen molar-refractivity contribution < 1.29 is 41.8 Å². The summed E-state index contributed by atoms with van der Waals surface area (Å²) in [6, 6.07) is 5.47. The summed E-state index contributed by atoms with van der Waals surface area (Å²) in [6.45, 7) is -3.16. The molecule has 9 nitrogen and oxygen atoms in total. The number of nitrogens with one attached hydrogen (secondary N) is 2. The van der Waals surface area contributed by atoms with E-state index >= 15 is 0 Å². The molecule has 31 heavy (non-hydrogen) atoms. The number of anilines is 1. The molecule has 1 heterocycles. The Morgan fingerprint density at radius 3 is 2.58 bits per heavy atom. The number of carbonyl (C=O) groups excluding carboxylic acids is 3. The molecule has 2 amide bonds.